The minimum Gasteiger partial charge on any atom is -0.309 e. The van der Waals surface area contributed by atoms with E-state index in [0.717, 1.165) is 22.7 Å². The highest BCUT2D eigenvalue weighted by Gasteiger charge is 2.25. The summed E-state index contributed by atoms with van der Waals surface area (Å²) in [4.78, 5) is 2.46. The van der Waals surface area contributed by atoms with E-state index in [1.165, 1.54) is 97.9 Å². The molecule has 0 atom stereocenters. The molecule has 0 aliphatic heterocycles. The Balaban J connectivity index is 1.08. The molecule has 0 aliphatic carbocycles. The molecule has 13 rings (SSSR count). The van der Waals surface area contributed by atoms with E-state index in [2.05, 4.69) is 252 Å². The van der Waals surface area contributed by atoms with Gasteiger partial charge in [-0.1, -0.05) is 188 Å². The van der Waals surface area contributed by atoms with Crippen LogP contribution in [0.3, 0.4) is 0 Å². The molecule has 0 radical (unpaired) electrons. The fourth-order valence-corrected chi connectivity index (χ4v) is 10.6. The lowest BCUT2D eigenvalue weighted by Crippen LogP contribution is -2.11. The predicted molar refractivity (Wildman–Crippen MR) is 274 cm³/mol. The topological polar surface area (TPSA) is 8.17 Å². The molecule has 64 heavy (non-hydrogen) atoms. The third-order valence-electron chi connectivity index (χ3n) is 13.3. The summed E-state index contributed by atoms with van der Waals surface area (Å²) < 4.78 is 2.39. The number of hydrogen-bond acceptors (Lipinski definition) is 1. The summed E-state index contributed by atoms with van der Waals surface area (Å²) in [7, 11) is 0. The first-order chi connectivity index (χ1) is 31.8. The van der Waals surface area contributed by atoms with Crippen LogP contribution in [0.25, 0.3) is 104 Å². The van der Waals surface area contributed by atoms with Crippen LogP contribution < -0.4 is 4.90 Å². The van der Waals surface area contributed by atoms with Gasteiger partial charge in [-0.2, -0.15) is 0 Å². The second-order valence-electron chi connectivity index (χ2n) is 16.8. The fraction of sp³-hybridized carbons (Fsp3) is 0. The molecular weight excluding hydrogens is 773 g/mol. The smallest absolute Gasteiger partial charge is 0.0618 e. The zero-order chi connectivity index (χ0) is 42.1. The summed E-state index contributed by atoms with van der Waals surface area (Å²) in [6, 6.07) is 89.1. The highest BCUT2D eigenvalue weighted by Crippen LogP contribution is 2.52. The summed E-state index contributed by atoms with van der Waals surface area (Å²) in [5.41, 5.74) is 11.9. The molecule has 0 spiro atoms. The molecule has 0 bridgehead atoms. The number of aromatic nitrogens is 1. The van der Waals surface area contributed by atoms with Gasteiger partial charge in [-0.05, 0) is 120 Å². The van der Waals surface area contributed by atoms with Gasteiger partial charge in [0.05, 0.1) is 16.7 Å². The number of nitrogens with zero attached hydrogens (tertiary/aromatic N) is 2. The van der Waals surface area contributed by atoms with Crippen LogP contribution in [0.2, 0.25) is 0 Å². The van der Waals surface area contributed by atoms with Gasteiger partial charge in [0.15, 0.2) is 0 Å². The number of rotatable bonds is 6. The Bertz CT molecular complexity index is 3790. The van der Waals surface area contributed by atoms with E-state index in [1.54, 1.807) is 0 Å². The highest BCUT2D eigenvalue weighted by atomic mass is 15.1. The van der Waals surface area contributed by atoms with Crippen molar-refractivity contribution in [1.29, 1.82) is 0 Å². The van der Waals surface area contributed by atoms with E-state index in [-0.39, 0.29) is 0 Å². The van der Waals surface area contributed by atoms with Crippen molar-refractivity contribution in [2.75, 3.05) is 4.90 Å². The van der Waals surface area contributed by atoms with Crippen LogP contribution in [0, 0.1) is 0 Å². The molecule has 0 N–H and O–H groups in total. The van der Waals surface area contributed by atoms with Crippen LogP contribution in [-0.2, 0) is 0 Å². The number of fused-ring (bicyclic) bond motifs is 8. The zero-order valence-electron chi connectivity index (χ0n) is 35.0. The summed E-state index contributed by atoms with van der Waals surface area (Å²) >= 11 is 0. The van der Waals surface area contributed by atoms with Crippen LogP contribution >= 0.6 is 0 Å². The Morgan fingerprint density at radius 3 is 1.19 bits per heavy atom. The predicted octanol–water partition coefficient (Wildman–Crippen LogP) is 17.4. The second kappa shape index (κ2) is 14.6. The Morgan fingerprint density at radius 1 is 0.266 bits per heavy atom. The zero-order valence-corrected chi connectivity index (χ0v) is 35.0. The van der Waals surface area contributed by atoms with Crippen molar-refractivity contribution in [1.82, 2.24) is 4.57 Å². The normalized spacial score (nSPS) is 11.8. The van der Waals surface area contributed by atoms with Gasteiger partial charge in [-0.3, -0.25) is 0 Å². The maximum atomic E-state index is 2.46. The van der Waals surface area contributed by atoms with Gasteiger partial charge >= 0.3 is 0 Å². The maximum Gasteiger partial charge on any atom is 0.0618 e. The van der Waals surface area contributed by atoms with Crippen molar-refractivity contribution in [2.24, 2.45) is 0 Å². The first-order valence-corrected chi connectivity index (χ1v) is 22.1. The lowest BCUT2D eigenvalue weighted by Gasteiger charge is -2.30. The van der Waals surface area contributed by atoms with Gasteiger partial charge in [-0.25, -0.2) is 0 Å². The van der Waals surface area contributed by atoms with Gasteiger partial charge in [-0.15, -0.1) is 0 Å². The molecular formula is C62H40N2. The molecule has 2 heteroatoms. The van der Waals surface area contributed by atoms with Gasteiger partial charge in [0.2, 0.25) is 0 Å². The number of benzene rings is 12. The minimum absolute atomic E-state index is 1.09. The van der Waals surface area contributed by atoms with Crippen molar-refractivity contribution in [2.45, 2.75) is 0 Å². The number of para-hydroxylation sites is 3. The summed E-state index contributed by atoms with van der Waals surface area (Å²) in [6.07, 6.45) is 0. The largest absolute Gasteiger partial charge is 0.309 e. The number of anilines is 3. The molecule has 0 unspecified atom stereocenters. The average Bonchev–Trinajstić information content (AvgIpc) is 3.70. The van der Waals surface area contributed by atoms with Crippen LogP contribution in [-0.4, -0.2) is 4.57 Å². The van der Waals surface area contributed by atoms with Crippen molar-refractivity contribution < 1.29 is 0 Å². The first kappa shape index (κ1) is 36.2. The minimum atomic E-state index is 1.09. The maximum absolute atomic E-state index is 2.46. The third-order valence-corrected chi connectivity index (χ3v) is 13.3. The monoisotopic (exact) mass is 812 g/mol. The molecule has 12 aromatic carbocycles. The van der Waals surface area contributed by atoms with E-state index in [9.17, 15) is 0 Å². The van der Waals surface area contributed by atoms with E-state index in [1.807, 2.05) is 0 Å². The average molecular weight is 813 g/mol. The van der Waals surface area contributed by atoms with E-state index in [4.69, 9.17) is 0 Å². The lowest BCUT2D eigenvalue weighted by molar-refractivity contribution is 1.17. The Morgan fingerprint density at radius 2 is 0.656 bits per heavy atom. The molecule has 0 fully saturated rings. The van der Waals surface area contributed by atoms with Gasteiger partial charge in [0.1, 0.15) is 0 Å². The van der Waals surface area contributed by atoms with E-state index < -0.39 is 0 Å². The van der Waals surface area contributed by atoms with Crippen LogP contribution in [0.1, 0.15) is 0 Å². The van der Waals surface area contributed by atoms with Gasteiger partial charge in [0.25, 0.3) is 0 Å². The van der Waals surface area contributed by atoms with E-state index in [0.29, 0.717) is 0 Å². The molecule has 13 aromatic rings. The van der Waals surface area contributed by atoms with Crippen molar-refractivity contribution >= 4 is 92.7 Å². The summed E-state index contributed by atoms with van der Waals surface area (Å²) in [6.45, 7) is 0. The molecule has 1 heterocycles. The SMILES string of the molecule is c1ccc(N(c2ccc(-n3c4ccccc4c4ccccc43)cc2)c2c3ccccc3c(-c3c4ccccc4c(-c4ccc5ccccc5c4)c4ccccc34)c3ccccc23)cc1. The molecule has 298 valence electrons. The van der Waals surface area contributed by atoms with Crippen molar-refractivity contribution in [3.05, 3.63) is 243 Å². The number of hydrogen-bond donors (Lipinski definition) is 0. The Labute approximate surface area is 371 Å². The molecule has 0 saturated heterocycles. The van der Waals surface area contributed by atoms with Crippen LogP contribution in [0.5, 0.6) is 0 Å². The van der Waals surface area contributed by atoms with Crippen LogP contribution in [0.4, 0.5) is 17.1 Å². The van der Waals surface area contributed by atoms with Gasteiger partial charge < -0.3 is 9.47 Å². The van der Waals surface area contributed by atoms with Gasteiger partial charge in [0, 0.05) is 38.6 Å². The van der Waals surface area contributed by atoms with E-state index >= 15 is 0 Å². The first-order valence-electron chi connectivity index (χ1n) is 22.1. The Kier molecular flexibility index (Phi) is 8.25. The van der Waals surface area contributed by atoms with Crippen molar-refractivity contribution in [3.63, 3.8) is 0 Å². The van der Waals surface area contributed by atoms with Crippen molar-refractivity contribution in [3.8, 4) is 27.9 Å². The summed E-state index contributed by atoms with van der Waals surface area (Å²) in [5, 5.41) is 14.8. The molecule has 0 aliphatic rings. The molecule has 0 saturated carbocycles. The fourth-order valence-electron chi connectivity index (χ4n) is 10.6. The summed E-state index contributed by atoms with van der Waals surface area (Å²) in [5.74, 6) is 0. The standard InChI is InChI=1S/C62H40N2/c1-2-20-44(21-3-1)63(45-36-38-46(39-37-45)64-57-32-16-14-22-47(57)48-23-15-17-33-58(48)64)62-55-30-12-10-28-53(55)61(54-29-11-13-31-56(54)62)60-51-26-8-6-24-49(51)59(50-25-7-9-27-52(50)60)43-35-34-41-18-4-5-19-42(41)40-43/h1-40H. The molecule has 2 nitrogen and oxygen atoms in total. The lowest BCUT2D eigenvalue weighted by atomic mass is 9.82. The Hall–Kier alpha value is -8.46. The highest BCUT2D eigenvalue weighted by molar-refractivity contribution is 6.30. The quantitative estimate of drug-likeness (QED) is 0.152. The molecule has 1 aromatic heterocycles. The molecule has 0 amide bonds. The second-order valence-corrected chi connectivity index (χ2v) is 16.8. The van der Waals surface area contributed by atoms with Crippen LogP contribution in [0.15, 0.2) is 243 Å². The third kappa shape index (κ3) is 5.53.